The van der Waals surface area contributed by atoms with Gasteiger partial charge in [0.25, 0.3) is 0 Å². The Kier molecular flexibility index (Phi) is 1.42. The van der Waals surface area contributed by atoms with Crippen LogP contribution in [0.4, 0.5) is 0 Å². The maximum atomic E-state index is 9.32. The molecule has 0 aromatic heterocycles. The van der Waals surface area contributed by atoms with Gasteiger partial charge in [0.15, 0.2) is 6.29 Å². The van der Waals surface area contributed by atoms with E-state index in [1.165, 1.54) is 0 Å². The van der Waals surface area contributed by atoms with E-state index in [0.29, 0.717) is 19.6 Å². The third kappa shape index (κ3) is 0.719. The number of fused-ring (bicyclic) bond motifs is 1. The van der Waals surface area contributed by atoms with Crippen molar-refractivity contribution in [3.05, 3.63) is 0 Å². The summed E-state index contributed by atoms with van der Waals surface area (Å²) < 4.78 is 10.2. The van der Waals surface area contributed by atoms with Gasteiger partial charge >= 0.3 is 0 Å². The van der Waals surface area contributed by atoms with E-state index in [0.717, 1.165) is 0 Å². The largest absolute Gasteiger partial charge is 0.389 e. The number of halogens is 1. The Morgan fingerprint density at radius 3 is 3.00 bits per heavy atom. The molecular weight excluding hydrogens is 156 g/mol. The lowest BCUT2D eigenvalue weighted by Gasteiger charge is -2.19. The maximum absolute atomic E-state index is 9.32. The van der Waals surface area contributed by atoms with Crippen LogP contribution < -0.4 is 0 Å². The van der Waals surface area contributed by atoms with Gasteiger partial charge in [0.1, 0.15) is 11.0 Å². The zero-order valence-electron chi connectivity index (χ0n) is 5.42. The second-order valence-electron chi connectivity index (χ2n) is 2.73. The minimum absolute atomic E-state index is 0.300. The van der Waals surface area contributed by atoms with E-state index in [9.17, 15) is 5.11 Å². The van der Waals surface area contributed by atoms with E-state index < -0.39 is 11.0 Å². The van der Waals surface area contributed by atoms with Crippen LogP contribution in [0.3, 0.4) is 0 Å². The van der Waals surface area contributed by atoms with Crippen molar-refractivity contribution in [2.45, 2.75) is 23.7 Å². The van der Waals surface area contributed by atoms with Crippen molar-refractivity contribution < 1.29 is 14.6 Å². The third-order valence-corrected chi connectivity index (χ3v) is 2.72. The zero-order chi connectivity index (χ0) is 7.19. The van der Waals surface area contributed by atoms with Crippen molar-refractivity contribution >= 4 is 11.6 Å². The highest BCUT2D eigenvalue weighted by molar-refractivity contribution is 6.25. The average Bonchev–Trinajstić information content (AvgIpc) is 2.36. The molecule has 0 aliphatic carbocycles. The molecule has 1 N–H and O–H groups in total. The Bertz CT molecular complexity index is 152. The van der Waals surface area contributed by atoms with E-state index in [1.807, 2.05) is 0 Å². The average molecular weight is 165 g/mol. The summed E-state index contributed by atoms with van der Waals surface area (Å²) in [6.07, 6.45) is -0.272. The lowest BCUT2D eigenvalue weighted by molar-refractivity contribution is -0.0873. The molecule has 3 unspecified atom stereocenters. The van der Waals surface area contributed by atoms with Gasteiger partial charge < -0.3 is 14.6 Å². The summed E-state index contributed by atoms with van der Waals surface area (Å²) in [6.45, 7) is 0.888. The SMILES string of the molecule is OC1COC2OCCC12Cl. The molecule has 2 heterocycles. The number of aliphatic hydroxyl groups excluding tert-OH is 1. The summed E-state index contributed by atoms with van der Waals surface area (Å²) in [5.74, 6) is 0. The number of hydrogen-bond acceptors (Lipinski definition) is 3. The quantitative estimate of drug-likeness (QED) is 0.517. The monoisotopic (exact) mass is 164 g/mol. The number of ether oxygens (including phenoxy) is 2. The molecule has 0 saturated carbocycles. The van der Waals surface area contributed by atoms with Gasteiger partial charge in [-0.15, -0.1) is 11.6 Å². The highest BCUT2D eigenvalue weighted by atomic mass is 35.5. The smallest absolute Gasteiger partial charge is 0.179 e. The molecule has 0 aromatic rings. The Labute approximate surface area is 63.9 Å². The summed E-state index contributed by atoms with van der Waals surface area (Å²) in [5.41, 5.74) is 0. The van der Waals surface area contributed by atoms with E-state index in [2.05, 4.69) is 0 Å². The molecule has 0 amide bonds. The van der Waals surface area contributed by atoms with Crippen LogP contribution in [0.5, 0.6) is 0 Å². The second kappa shape index (κ2) is 2.08. The highest BCUT2D eigenvalue weighted by Crippen LogP contribution is 2.41. The lowest BCUT2D eigenvalue weighted by atomic mass is 10.0. The molecule has 2 aliphatic heterocycles. The van der Waals surface area contributed by atoms with Crippen molar-refractivity contribution in [3.8, 4) is 0 Å². The highest BCUT2D eigenvalue weighted by Gasteiger charge is 2.54. The fraction of sp³-hybridized carbons (Fsp3) is 1.00. The van der Waals surface area contributed by atoms with Gasteiger partial charge in [-0.1, -0.05) is 0 Å². The molecule has 10 heavy (non-hydrogen) atoms. The Morgan fingerprint density at radius 1 is 1.50 bits per heavy atom. The van der Waals surface area contributed by atoms with Crippen LogP contribution in [0, 0.1) is 0 Å². The molecule has 2 rings (SSSR count). The van der Waals surface area contributed by atoms with Crippen molar-refractivity contribution in [3.63, 3.8) is 0 Å². The Morgan fingerprint density at radius 2 is 2.30 bits per heavy atom. The van der Waals surface area contributed by atoms with Gasteiger partial charge in [-0.2, -0.15) is 0 Å². The van der Waals surface area contributed by atoms with Crippen molar-refractivity contribution in [1.82, 2.24) is 0 Å². The maximum Gasteiger partial charge on any atom is 0.179 e. The van der Waals surface area contributed by atoms with Gasteiger partial charge in [0.05, 0.1) is 13.2 Å². The predicted molar refractivity (Wildman–Crippen MR) is 34.9 cm³/mol. The van der Waals surface area contributed by atoms with Crippen LogP contribution in [0.2, 0.25) is 0 Å². The van der Waals surface area contributed by atoms with Crippen LogP contribution >= 0.6 is 11.6 Å². The first-order valence-corrected chi connectivity index (χ1v) is 3.71. The van der Waals surface area contributed by atoms with Crippen LogP contribution in [0.1, 0.15) is 6.42 Å². The van der Waals surface area contributed by atoms with Crippen molar-refractivity contribution in [1.29, 1.82) is 0 Å². The number of rotatable bonds is 0. The standard InChI is InChI=1S/C6H9ClO3/c7-6-1-2-9-5(6)10-3-4(6)8/h4-5,8H,1-3H2. The molecule has 2 fully saturated rings. The zero-order valence-corrected chi connectivity index (χ0v) is 6.17. The minimum atomic E-state index is -0.653. The molecule has 2 aliphatic rings. The first kappa shape index (κ1) is 6.85. The molecule has 4 heteroatoms. The molecular formula is C6H9ClO3. The summed E-state index contributed by atoms with van der Waals surface area (Å²) in [7, 11) is 0. The van der Waals surface area contributed by atoms with E-state index >= 15 is 0 Å². The first-order valence-electron chi connectivity index (χ1n) is 3.34. The van der Waals surface area contributed by atoms with Crippen LogP contribution in [0.15, 0.2) is 0 Å². The van der Waals surface area contributed by atoms with Crippen LogP contribution in [0.25, 0.3) is 0 Å². The van der Waals surface area contributed by atoms with E-state index in [-0.39, 0.29) is 6.29 Å². The second-order valence-corrected chi connectivity index (χ2v) is 3.43. The molecule has 0 radical (unpaired) electrons. The summed E-state index contributed by atoms with van der Waals surface area (Å²) >= 11 is 6.02. The van der Waals surface area contributed by atoms with Crippen molar-refractivity contribution in [2.75, 3.05) is 13.2 Å². The van der Waals surface area contributed by atoms with Crippen molar-refractivity contribution in [2.24, 2.45) is 0 Å². The fourth-order valence-corrected chi connectivity index (χ4v) is 1.67. The molecule has 0 aromatic carbocycles. The molecule has 2 saturated heterocycles. The number of hydrogen-bond donors (Lipinski definition) is 1. The third-order valence-electron chi connectivity index (χ3n) is 2.11. The van der Waals surface area contributed by atoms with Gasteiger partial charge in [-0.05, 0) is 6.42 Å². The van der Waals surface area contributed by atoms with Crippen LogP contribution in [-0.2, 0) is 9.47 Å². The Hall–Kier alpha value is 0.170. The predicted octanol–water partition coefficient (Wildman–Crippen LogP) is 0.101. The van der Waals surface area contributed by atoms with E-state index in [4.69, 9.17) is 21.1 Å². The Balaban J connectivity index is 2.21. The van der Waals surface area contributed by atoms with Crippen LogP contribution in [-0.4, -0.2) is 35.6 Å². The number of alkyl halides is 1. The fourth-order valence-electron chi connectivity index (χ4n) is 1.41. The van der Waals surface area contributed by atoms with E-state index in [1.54, 1.807) is 0 Å². The molecule has 0 spiro atoms. The minimum Gasteiger partial charge on any atom is -0.389 e. The molecule has 0 bridgehead atoms. The van der Waals surface area contributed by atoms with Gasteiger partial charge in [0.2, 0.25) is 0 Å². The summed E-state index contributed by atoms with van der Waals surface area (Å²) in [6, 6.07) is 0. The topological polar surface area (TPSA) is 38.7 Å². The normalized spacial score (nSPS) is 53.4. The van der Waals surface area contributed by atoms with Gasteiger partial charge in [-0.3, -0.25) is 0 Å². The summed E-state index contributed by atoms with van der Waals surface area (Å²) in [5, 5.41) is 9.32. The van der Waals surface area contributed by atoms with Gasteiger partial charge in [-0.25, -0.2) is 0 Å². The molecule has 3 atom stereocenters. The molecule has 3 nitrogen and oxygen atoms in total. The van der Waals surface area contributed by atoms with Gasteiger partial charge in [0, 0.05) is 0 Å². The summed E-state index contributed by atoms with van der Waals surface area (Å²) in [4.78, 5) is -0.653. The lowest BCUT2D eigenvalue weighted by Crippen LogP contribution is -2.37. The molecule has 58 valence electrons. The number of aliphatic hydroxyl groups is 1. The first-order chi connectivity index (χ1) is 4.73.